The minimum absolute atomic E-state index is 0.256. The second kappa shape index (κ2) is 8.28. The smallest absolute Gasteiger partial charge is 0.209 e. The van der Waals surface area contributed by atoms with E-state index in [0.717, 1.165) is 22.3 Å². The molecule has 4 aromatic rings. The molecule has 186 valence electrons. The lowest BCUT2D eigenvalue weighted by Gasteiger charge is -2.41. The summed E-state index contributed by atoms with van der Waals surface area (Å²) in [6.45, 7) is -0.501. The van der Waals surface area contributed by atoms with Gasteiger partial charge in [0.25, 0.3) is 0 Å². The number of fused-ring (bicyclic) bond motifs is 9. The number of ether oxygens (including phenoxy) is 1. The van der Waals surface area contributed by atoms with Crippen molar-refractivity contribution in [1.29, 1.82) is 0 Å². The van der Waals surface area contributed by atoms with Crippen LogP contribution >= 0.6 is 0 Å². The molecule has 0 bridgehead atoms. The van der Waals surface area contributed by atoms with Gasteiger partial charge in [-0.25, -0.2) is 8.78 Å². The van der Waals surface area contributed by atoms with Crippen molar-refractivity contribution in [3.05, 3.63) is 161 Å². The molecule has 3 aliphatic carbocycles. The number of halogens is 2. The zero-order chi connectivity index (χ0) is 26.1. The van der Waals surface area contributed by atoms with Gasteiger partial charge in [0, 0.05) is 22.8 Å². The molecule has 1 nitrogen and oxygen atoms in total. The van der Waals surface area contributed by atoms with Crippen LogP contribution in [0.15, 0.2) is 139 Å². The molecule has 1 spiro atoms. The van der Waals surface area contributed by atoms with E-state index < -0.39 is 23.8 Å². The van der Waals surface area contributed by atoms with Crippen molar-refractivity contribution in [2.45, 2.75) is 17.0 Å². The van der Waals surface area contributed by atoms with Crippen molar-refractivity contribution in [3.8, 4) is 22.6 Å². The van der Waals surface area contributed by atoms with Crippen LogP contribution in [0.5, 0.6) is 11.5 Å². The first-order chi connectivity index (χ1) is 19.2. The van der Waals surface area contributed by atoms with E-state index in [2.05, 4.69) is 66.7 Å². The van der Waals surface area contributed by atoms with Crippen molar-refractivity contribution < 1.29 is 13.5 Å². The SMILES string of the molecule is FC1=CC=CC1B(c1cccc2c1Oc1ccccc1C21c2ccccc2-c2ccccc21)C1C=CC=C1F. The molecule has 0 saturated carbocycles. The van der Waals surface area contributed by atoms with E-state index in [-0.39, 0.29) is 11.7 Å². The van der Waals surface area contributed by atoms with E-state index in [1.54, 1.807) is 12.2 Å². The van der Waals surface area contributed by atoms with Gasteiger partial charge in [-0.1, -0.05) is 109 Å². The van der Waals surface area contributed by atoms with Gasteiger partial charge in [-0.05, 0) is 45.9 Å². The summed E-state index contributed by atoms with van der Waals surface area (Å²) in [6, 6.07) is 31.4. The lowest BCUT2D eigenvalue weighted by atomic mass is 9.30. The third kappa shape index (κ3) is 2.94. The second-order valence-corrected chi connectivity index (χ2v) is 10.6. The Kier molecular flexibility index (Phi) is 4.79. The summed E-state index contributed by atoms with van der Waals surface area (Å²) in [5.41, 5.74) is 7.03. The highest BCUT2D eigenvalue weighted by Crippen LogP contribution is 2.62. The van der Waals surface area contributed by atoms with Crippen LogP contribution in [0, 0.1) is 0 Å². The summed E-state index contributed by atoms with van der Waals surface area (Å²) >= 11 is 0. The molecule has 0 aromatic heterocycles. The van der Waals surface area contributed by atoms with Crippen molar-refractivity contribution >= 4 is 12.2 Å². The maximum atomic E-state index is 15.3. The summed E-state index contributed by atoms with van der Waals surface area (Å²) in [5.74, 6) is -0.222. The normalized spacial score (nSPS) is 20.6. The van der Waals surface area contributed by atoms with Crippen LogP contribution in [0.4, 0.5) is 8.78 Å². The Balaban J connectivity index is 1.46. The zero-order valence-corrected chi connectivity index (χ0v) is 21.0. The van der Waals surface area contributed by atoms with E-state index in [9.17, 15) is 0 Å². The average molecular weight is 508 g/mol. The summed E-state index contributed by atoms with van der Waals surface area (Å²) in [6.07, 6.45) is 10.1. The van der Waals surface area contributed by atoms with Crippen LogP contribution in [0.3, 0.4) is 0 Å². The molecule has 8 rings (SSSR count). The molecule has 39 heavy (non-hydrogen) atoms. The number of rotatable bonds is 3. The average Bonchev–Trinajstić information content (AvgIpc) is 3.67. The predicted octanol–water partition coefficient (Wildman–Crippen LogP) is 8.44. The van der Waals surface area contributed by atoms with Crippen LogP contribution in [0.2, 0.25) is 11.6 Å². The predicted molar refractivity (Wildman–Crippen MR) is 153 cm³/mol. The lowest BCUT2D eigenvalue weighted by Crippen LogP contribution is -2.42. The standard InChI is InChI=1S/C35H23BF2O/c37-31-19-8-16-28(31)36(29-17-9-20-32(29)38)30-18-7-15-27-34(30)39-33-21-6-5-14-26(33)35(27)24-12-3-1-10-22(24)23-11-2-4-13-25(23)35/h1-21,28-29H. The Morgan fingerprint density at radius 2 is 1.13 bits per heavy atom. The number of hydrogen-bond acceptors (Lipinski definition) is 1. The van der Waals surface area contributed by atoms with E-state index in [0.29, 0.717) is 5.75 Å². The van der Waals surface area contributed by atoms with Gasteiger partial charge in [-0.15, -0.1) is 0 Å². The largest absolute Gasteiger partial charge is 0.457 e. The maximum Gasteiger partial charge on any atom is 0.209 e. The van der Waals surface area contributed by atoms with Gasteiger partial charge in [0.1, 0.15) is 11.5 Å². The molecule has 0 amide bonds. The molecule has 4 aromatic carbocycles. The second-order valence-electron chi connectivity index (χ2n) is 10.6. The molecule has 0 radical (unpaired) electrons. The Bertz CT molecular complexity index is 1720. The van der Waals surface area contributed by atoms with Gasteiger partial charge in [0.15, 0.2) is 0 Å². The Hall–Kier alpha value is -4.44. The maximum absolute atomic E-state index is 15.3. The first-order valence-electron chi connectivity index (χ1n) is 13.4. The molecule has 0 saturated heterocycles. The molecule has 2 atom stereocenters. The highest BCUT2D eigenvalue weighted by Gasteiger charge is 2.52. The third-order valence-corrected chi connectivity index (χ3v) is 8.82. The zero-order valence-electron chi connectivity index (χ0n) is 21.0. The molecule has 0 N–H and O–H groups in total. The first-order valence-corrected chi connectivity index (χ1v) is 13.4. The van der Waals surface area contributed by atoms with Crippen molar-refractivity contribution in [2.24, 2.45) is 0 Å². The Labute approximate surface area is 226 Å². The van der Waals surface area contributed by atoms with Crippen molar-refractivity contribution in [1.82, 2.24) is 0 Å². The van der Waals surface area contributed by atoms with Crippen LogP contribution in [-0.2, 0) is 5.41 Å². The van der Waals surface area contributed by atoms with Gasteiger partial charge in [0.2, 0.25) is 6.71 Å². The monoisotopic (exact) mass is 508 g/mol. The van der Waals surface area contributed by atoms with E-state index in [1.807, 2.05) is 36.4 Å². The van der Waals surface area contributed by atoms with Crippen LogP contribution in [-0.4, -0.2) is 6.71 Å². The molecular weight excluding hydrogens is 485 g/mol. The highest BCUT2D eigenvalue weighted by atomic mass is 19.1. The topological polar surface area (TPSA) is 9.23 Å². The first kappa shape index (κ1) is 22.5. The van der Waals surface area contributed by atoms with E-state index in [4.69, 9.17) is 4.74 Å². The Morgan fingerprint density at radius 3 is 1.72 bits per heavy atom. The molecular formula is C35H23BF2O. The van der Waals surface area contributed by atoms with E-state index >= 15 is 8.78 Å². The minimum atomic E-state index is -0.613. The highest BCUT2D eigenvalue weighted by molar-refractivity contribution is 6.79. The summed E-state index contributed by atoms with van der Waals surface area (Å²) in [7, 11) is 0. The van der Waals surface area contributed by atoms with Crippen LogP contribution in [0.25, 0.3) is 11.1 Å². The van der Waals surface area contributed by atoms with Crippen LogP contribution < -0.4 is 10.2 Å². The molecule has 4 aliphatic rings. The quantitative estimate of drug-likeness (QED) is 0.218. The molecule has 2 unspecified atom stereocenters. The van der Waals surface area contributed by atoms with Gasteiger partial charge >= 0.3 is 0 Å². The molecule has 1 aliphatic heterocycles. The summed E-state index contributed by atoms with van der Waals surface area (Å²) in [4.78, 5) is 0. The number of benzene rings is 4. The minimum Gasteiger partial charge on any atom is -0.457 e. The van der Waals surface area contributed by atoms with Crippen LogP contribution in [0.1, 0.15) is 22.3 Å². The third-order valence-electron chi connectivity index (χ3n) is 8.82. The van der Waals surface area contributed by atoms with Gasteiger partial charge in [-0.3, -0.25) is 0 Å². The van der Waals surface area contributed by atoms with E-state index in [1.165, 1.54) is 34.4 Å². The lowest BCUT2D eigenvalue weighted by molar-refractivity contribution is 0.439. The number of allylic oxidation sites excluding steroid dienone is 8. The van der Waals surface area contributed by atoms with Crippen molar-refractivity contribution in [2.75, 3.05) is 0 Å². The van der Waals surface area contributed by atoms with Gasteiger partial charge in [0.05, 0.1) is 17.1 Å². The van der Waals surface area contributed by atoms with Crippen molar-refractivity contribution in [3.63, 3.8) is 0 Å². The summed E-state index contributed by atoms with van der Waals surface area (Å²) < 4.78 is 37.3. The number of para-hydroxylation sites is 2. The van der Waals surface area contributed by atoms with Gasteiger partial charge in [-0.2, -0.15) is 0 Å². The fourth-order valence-corrected chi connectivity index (χ4v) is 7.30. The fourth-order valence-electron chi connectivity index (χ4n) is 7.30. The van der Waals surface area contributed by atoms with Gasteiger partial charge < -0.3 is 4.74 Å². The molecule has 0 fully saturated rings. The summed E-state index contributed by atoms with van der Waals surface area (Å²) in [5, 5.41) is 0. The molecule has 1 heterocycles. The fraction of sp³-hybridized carbons (Fsp3) is 0.0857. The number of hydrogen-bond donors (Lipinski definition) is 0. The molecule has 4 heteroatoms. The Morgan fingerprint density at radius 1 is 0.590 bits per heavy atom.